The highest BCUT2D eigenvalue weighted by atomic mass is 32.2. The van der Waals surface area contributed by atoms with E-state index in [0.717, 1.165) is 11.0 Å². The largest absolute Gasteiger partial charge is 0.386 e. The minimum absolute atomic E-state index is 0.166. The van der Waals surface area contributed by atoms with Gasteiger partial charge in [-0.15, -0.1) is 10.2 Å². The number of nitrogens with two attached hydrogens (primary N) is 2. The van der Waals surface area contributed by atoms with E-state index in [1.165, 1.54) is 4.31 Å². The Morgan fingerprint density at radius 2 is 1.75 bits per heavy atom. The lowest BCUT2D eigenvalue weighted by Gasteiger charge is -2.22. The number of amides is 1. The number of para-hydroxylation sites is 1. The van der Waals surface area contributed by atoms with Crippen molar-refractivity contribution in [1.82, 2.24) is 5.32 Å². The van der Waals surface area contributed by atoms with Gasteiger partial charge in [0.2, 0.25) is 5.91 Å². The molecule has 10 heteroatoms. The Morgan fingerprint density at radius 3 is 2.34 bits per heavy atom. The predicted molar refractivity (Wildman–Crippen MR) is 129 cm³/mol. The number of hydrogen-bond donors (Lipinski definition) is 3. The third-order valence-corrected chi connectivity index (χ3v) is 5.78. The van der Waals surface area contributed by atoms with Crippen LogP contribution in [0.2, 0.25) is 0 Å². The minimum atomic E-state index is -3.63. The molecule has 9 nitrogen and oxygen atoms in total. The van der Waals surface area contributed by atoms with E-state index in [0.29, 0.717) is 30.1 Å². The fourth-order valence-corrected chi connectivity index (χ4v) is 3.75. The van der Waals surface area contributed by atoms with E-state index < -0.39 is 10.0 Å². The van der Waals surface area contributed by atoms with Crippen LogP contribution in [0.4, 0.5) is 5.69 Å². The van der Waals surface area contributed by atoms with Gasteiger partial charge in [0, 0.05) is 24.1 Å². The van der Waals surface area contributed by atoms with Gasteiger partial charge in [0.25, 0.3) is 10.0 Å². The molecule has 1 amide bonds. The first-order valence-electron chi connectivity index (χ1n) is 9.92. The Balaban J connectivity index is 1.87. The SMILES string of the molecule is C=CS(=O)(=O)N(CCCNC(=O)Cc1ccc(/C(N)=N/N=C(/C)N)cc1)c1ccccc1. The number of benzene rings is 2. The minimum Gasteiger partial charge on any atom is -0.386 e. The quantitative estimate of drug-likeness (QED) is 0.204. The molecule has 0 saturated heterocycles. The fraction of sp³-hybridized carbons (Fsp3) is 0.227. The Kier molecular flexibility index (Phi) is 8.96. The summed E-state index contributed by atoms with van der Waals surface area (Å²) in [6, 6.07) is 15.8. The van der Waals surface area contributed by atoms with Gasteiger partial charge >= 0.3 is 0 Å². The maximum absolute atomic E-state index is 12.3. The number of nitrogens with zero attached hydrogens (tertiary/aromatic N) is 3. The van der Waals surface area contributed by atoms with Crippen molar-refractivity contribution in [3.63, 3.8) is 0 Å². The maximum atomic E-state index is 12.3. The molecule has 2 rings (SSSR count). The summed E-state index contributed by atoms with van der Waals surface area (Å²) in [5.41, 5.74) is 13.3. The zero-order valence-corrected chi connectivity index (χ0v) is 18.8. The molecule has 0 atom stereocenters. The molecule has 0 spiro atoms. The summed E-state index contributed by atoms with van der Waals surface area (Å²) in [7, 11) is -3.63. The van der Waals surface area contributed by atoms with Gasteiger partial charge in [0.15, 0.2) is 5.84 Å². The van der Waals surface area contributed by atoms with E-state index >= 15 is 0 Å². The number of rotatable bonds is 11. The van der Waals surface area contributed by atoms with Crippen molar-refractivity contribution >= 4 is 33.3 Å². The number of nitrogens with one attached hydrogen (secondary N) is 1. The summed E-state index contributed by atoms with van der Waals surface area (Å²) in [6.07, 6.45) is 0.630. The van der Waals surface area contributed by atoms with Crippen molar-refractivity contribution in [1.29, 1.82) is 0 Å². The van der Waals surface area contributed by atoms with Crippen LogP contribution in [-0.4, -0.2) is 39.1 Å². The number of carbonyl (C=O) groups excluding carboxylic acids is 1. The van der Waals surface area contributed by atoms with Crippen LogP contribution in [-0.2, 0) is 21.2 Å². The van der Waals surface area contributed by atoms with Crippen LogP contribution in [0, 0.1) is 0 Å². The van der Waals surface area contributed by atoms with E-state index in [1.54, 1.807) is 55.5 Å². The summed E-state index contributed by atoms with van der Waals surface area (Å²) >= 11 is 0. The Morgan fingerprint density at radius 1 is 1.09 bits per heavy atom. The molecule has 2 aromatic rings. The Hall–Kier alpha value is -3.66. The highest BCUT2D eigenvalue weighted by molar-refractivity contribution is 7.95. The summed E-state index contributed by atoms with van der Waals surface area (Å²) in [4.78, 5) is 12.2. The first-order valence-corrected chi connectivity index (χ1v) is 11.4. The lowest BCUT2D eigenvalue weighted by atomic mass is 10.1. The number of carbonyl (C=O) groups is 1. The lowest BCUT2D eigenvalue weighted by Crippen LogP contribution is -2.33. The van der Waals surface area contributed by atoms with Crippen LogP contribution in [0.1, 0.15) is 24.5 Å². The molecular formula is C22H28N6O3S. The Labute approximate surface area is 188 Å². The van der Waals surface area contributed by atoms with Gasteiger partial charge in [-0.2, -0.15) is 0 Å². The second-order valence-electron chi connectivity index (χ2n) is 6.92. The molecule has 5 N–H and O–H groups in total. The van der Waals surface area contributed by atoms with Gasteiger partial charge in [-0.05, 0) is 31.0 Å². The molecule has 2 aromatic carbocycles. The summed E-state index contributed by atoms with van der Waals surface area (Å²) in [6.45, 7) is 5.55. The molecule has 0 aliphatic heterocycles. The average Bonchev–Trinajstić information content (AvgIpc) is 2.78. The summed E-state index contributed by atoms with van der Waals surface area (Å²) < 4.78 is 25.9. The lowest BCUT2D eigenvalue weighted by molar-refractivity contribution is -0.120. The summed E-state index contributed by atoms with van der Waals surface area (Å²) in [5.74, 6) is 0.360. The van der Waals surface area contributed by atoms with E-state index in [9.17, 15) is 13.2 Å². The number of amidine groups is 2. The van der Waals surface area contributed by atoms with Crippen LogP contribution in [0.15, 0.2) is 76.8 Å². The predicted octanol–water partition coefficient (Wildman–Crippen LogP) is 1.71. The summed E-state index contributed by atoms with van der Waals surface area (Å²) in [5, 5.41) is 11.3. The van der Waals surface area contributed by atoms with E-state index in [1.807, 2.05) is 6.07 Å². The zero-order chi connectivity index (χ0) is 23.6. The number of hydrogen-bond acceptors (Lipinski definition) is 5. The van der Waals surface area contributed by atoms with Crippen molar-refractivity contribution in [2.24, 2.45) is 21.7 Å². The second kappa shape index (κ2) is 11.7. The van der Waals surface area contributed by atoms with E-state index in [4.69, 9.17) is 11.5 Å². The van der Waals surface area contributed by atoms with Crippen molar-refractivity contribution in [2.45, 2.75) is 19.8 Å². The van der Waals surface area contributed by atoms with Crippen molar-refractivity contribution in [3.05, 3.63) is 77.7 Å². The molecule has 0 aliphatic rings. The van der Waals surface area contributed by atoms with Crippen molar-refractivity contribution < 1.29 is 13.2 Å². The van der Waals surface area contributed by atoms with Gasteiger partial charge in [0.05, 0.1) is 12.1 Å². The van der Waals surface area contributed by atoms with Crippen LogP contribution in [0.25, 0.3) is 0 Å². The van der Waals surface area contributed by atoms with Crippen LogP contribution < -0.4 is 21.1 Å². The highest BCUT2D eigenvalue weighted by Gasteiger charge is 2.18. The smallest absolute Gasteiger partial charge is 0.256 e. The first kappa shape index (κ1) is 24.6. The molecule has 0 saturated carbocycles. The molecule has 32 heavy (non-hydrogen) atoms. The topological polar surface area (TPSA) is 143 Å². The van der Waals surface area contributed by atoms with Gasteiger partial charge in [-0.1, -0.05) is 49.0 Å². The first-order chi connectivity index (χ1) is 15.2. The highest BCUT2D eigenvalue weighted by Crippen LogP contribution is 2.18. The Bertz CT molecular complexity index is 1080. The molecule has 0 heterocycles. The fourth-order valence-electron chi connectivity index (χ4n) is 2.77. The molecule has 0 fully saturated rings. The zero-order valence-electron chi connectivity index (χ0n) is 17.9. The molecule has 0 bridgehead atoms. The van der Waals surface area contributed by atoms with Gasteiger partial charge in [-0.25, -0.2) is 8.42 Å². The molecule has 0 radical (unpaired) electrons. The third-order valence-electron chi connectivity index (χ3n) is 4.35. The van der Waals surface area contributed by atoms with Crippen molar-refractivity contribution in [3.8, 4) is 0 Å². The van der Waals surface area contributed by atoms with Crippen LogP contribution >= 0.6 is 0 Å². The second-order valence-corrected chi connectivity index (χ2v) is 8.73. The van der Waals surface area contributed by atoms with Gasteiger partial charge < -0.3 is 16.8 Å². The average molecular weight is 457 g/mol. The van der Waals surface area contributed by atoms with Gasteiger partial charge in [-0.3, -0.25) is 9.10 Å². The monoisotopic (exact) mass is 456 g/mol. The van der Waals surface area contributed by atoms with Crippen LogP contribution in [0.5, 0.6) is 0 Å². The number of sulfonamides is 1. The van der Waals surface area contributed by atoms with Crippen molar-refractivity contribution in [2.75, 3.05) is 17.4 Å². The maximum Gasteiger partial charge on any atom is 0.256 e. The molecule has 0 aromatic heterocycles. The molecule has 170 valence electrons. The van der Waals surface area contributed by atoms with Crippen LogP contribution in [0.3, 0.4) is 0 Å². The third kappa shape index (κ3) is 7.55. The van der Waals surface area contributed by atoms with E-state index in [2.05, 4.69) is 22.1 Å². The normalized spacial score (nSPS) is 12.3. The molecule has 0 unspecified atom stereocenters. The standard InChI is InChI=1S/C22H28N6O3S/c1-3-32(30,31)28(20-8-5-4-6-9-20)15-7-14-25-21(29)16-18-10-12-19(13-11-18)22(24)27-26-17(2)23/h3-6,8-13H,1,7,14-16H2,2H3,(H2,23,26)(H2,24,27)(H,25,29). The van der Waals surface area contributed by atoms with Gasteiger partial charge in [0.1, 0.15) is 5.84 Å². The number of anilines is 1. The molecule has 0 aliphatic carbocycles. The molecular weight excluding hydrogens is 428 g/mol. The van der Waals surface area contributed by atoms with E-state index in [-0.39, 0.29) is 24.7 Å².